The molecule has 1 saturated carbocycles. The van der Waals surface area contributed by atoms with E-state index in [9.17, 15) is 10.2 Å². The van der Waals surface area contributed by atoms with Gasteiger partial charge in [-0.05, 0) is 44.5 Å². The molecule has 4 heteroatoms. The highest BCUT2D eigenvalue weighted by molar-refractivity contribution is 5.37. The standard InChI is InChI=1S/C16H26N2O2/c1-12(13-9-15(19)11-16(20)10-13)17-7-8-18(2)14-5-3-4-6-14/h9-12,14,17,19-20H,3-8H2,1-2H3. The Hall–Kier alpha value is -1.26. The fourth-order valence-corrected chi connectivity index (χ4v) is 2.97. The number of benzene rings is 1. The maximum Gasteiger partial charge on any atom is 0.119 e. The number of nitrogens with zero attached hydrogens (tertiary/aromatic N) is 1. The second-order valence-corrected chi connectivity index (χ2v) is 5.88. The molecule has 0 radical (unpaired) electrons. The average molecular weight is 278 g/mol. The zero-order chi connectivity index (χ0) is 14.5. The molecule has 4 nitrogen and oxygen atoms in total. The van der Waals surface area contributed by atoms with E-state index in [2.05, 4.69) is 17.3 Å². The average Bonchev–Trinajstić information content (AvgIpc) is 2.91. The zero-order valence-corrected chi connectivity index (χ0v) is 12.5. The molecule has 0 aliphatic heterocycles. The Kier molecular flexibility index (Phi) is 5.26. The first-order valence-corrected chi connectivity index (χ1v) is 7.53. The van der Waals surface area contributed by atoms with Crippen LogP contribution in [0.25, 0.3) is 0 Å². The van der Waals surface area contributed by atoms with E-state index >= 15 is 0 Å². The molecule has 2 rings (SSSR count). The minimum absolute atomic E-state index is 0.108. The summed E-state index contributed by atoms with van der Waals surface area (Å²) >= 11 is 0. The van der Waals surface area contributed by atoms with Crippen LogP contribution in [0.5, 0.6) is 11.5 Å². The molecule has 1 unspecified atom stereocenters. The van der Waals surface area contributed by atoms with Gasteiger partial charge in [0.05, 0.1) is 0 Å². The molecule has 3 N–H and O–H groups in total. The van der Waals surface area contributed by atoms with E-state index in [0.717, 1.165) is 24.7 Å². The Balaban J connectivity index is 1.78. The second kappa shape index (κ2) is 6.95. The van der Waals surface area contributed by atoms with Crippen molar-refractivity contribution in [2.45, 2.75) is 44.7 Å². The van der Waals surface area contributed by atoms with Crippen molar-refractivity contribution in [3.63, 3.8) is 0 Å². The molecule has 1 aromatic carbocycles. The highest BCUT2D eigenvalue weighted by atomic mass is 16.3. The van der Waals surface area contributed by atoms with Crippen molar-refractivity contribution >= 4 is 0 Å². The maximum atomic E-state index is 9.50. The van der Waals surface area contributed by atoms with Gasteiger partial charge >= 0.3 is 0 Å². The number of aromatic hydroxyl groups is 2. The Morgan fingerprint density at radius 1 is 1.20 bits per heavy atom. The monoisotopic (exact) mass is 278 g/mol. The number of rotatable bonds is 6. The molecule has 0 spiro atoms. The predicted molar refractivity (Wildman–Crippen MR) is 81.1 cm³/mol. The number of phenolic OH excluding ortho intramolecular Hbond substituents is 2. The molecule has 1 atom stereocenters. The van der Waals surface area contributed by atoms with Gasteiger partial charge in [-0.25, -0.2) is 0 Å². The summed E-state index contributed by atoms with van der Waals surface area (Å²) in [6, 6.07) is 5.60. The van der Waals surface area contributed by atoms with E-state index in [0.29, 0.717) is 0 Å². The van der Waals surface area contributed by atoms with Crippen LogP contribution in [0.15, 0.2) is 18.2 Å². The van der Waals surface area contributed by atoms with Crippen LogP contribution in [0.4, 0.5) is 0 Å². The van der Waals surface area contributed by atoms with Gasteiger partial charge in [0.2, 0.25) is 0 Å². The number of phenols is 2. The summed E-state index contributed by atoms with van der Waals surface area (Å²) in [6.45, 7) is 3.98. The fraction of sp³-hybridized carbons (Fsp3) is 0.625. The van der Waals surface area contributed by atoms with Gasteiger partial charge in [0, 0.05) is 31.2 Å². The first kappa shape index (κ1) is 15.1. The summed E-state index contributed by atoms with van der Waals surface area (Å²) in [7, 11) is 2.20. The van der Waals surface area contributed by atoms with Crippen molar-refractivity contribution < 1.29 is 10.2 Å². The fourth-order valence-electron chi connectivity index (χ4n) is 2.97. The van der Waals surface area contributed by atoms with E-state index in [1.807, 2.05) is 6.92 Å². The van der Waals surface area contributed by atoms with Crippen LogP contribution < -0.4 is 5.32 Å². The smallest absolute Gasteiger partial charge is 0.119 e. The van der Waals surface area contributed by atoms with Gasteiger partial charge < -0.3 is 20.4 Å². The summed E-state index contributed by atoms with van der Waals surface area (Å²) in [6.07, 6.45) is 5.38. The highest BCUT2D eigenvalue weighted by Crippen LogP contribution is 2.25. The van der Waals surface area contributed by atoms with Crippen molar-refractivity contribution in [3.8, 4) is 11.5 Å². The summed E-state index contributed by atoms with van der Waals surface area (Å²) in [4.78, 5) is 2.44. The molecule has 1 fully saturated rings. The van der Waals surface area contributed by atoms with E-state index in [-0.39, 0.29) is 17.5 Å². The molecule has 1 aliphatic rings. The Morgan fingerprint density at radius 2 is 1.80 bits per heavy atom. The van der Waals surface area contributed by atoms with Gasteiger partial charge in [-0.2, -0.15) is 0 Å². The highest BCUT2D eigenvalue weighted by Gasteiger charge is 2.19. The Bertz CT molecular complexity index is 410. The van der Waals surface area contributed by atoms with E-state index in [1.54, 1.807) is 12.1 Å². The zero-order valence-electron chi connectivity index (χ0n) is 12.5. The lowest BCUT2D eigenvalue weighted by atomic mass is 10.1. The van der Waals surface area contributed by atoms with Gasteiger partial charge in [0.15, 0.2) is 0 Å². The normalized spacial score (nSPS) is 17.8. The van der Waals surface area contributed by atoms with Gasteiger partial charge in [0.25, 0.3) is 0 Å². The molecule has 0 bridgehead atoms. The third-order valence-electron chi connectivity index (χ3n) is 4.29. The number of likely N-dealkylation sites (N-methyl/N-ethyl adjacent to an activating group) is 1. The molecular formula is C16H26N2O2. The molecule has 0 aromatic heterocycles. The predicted octanol–water partition coefficient (Wildman–Crippen LogP) is 2.62. The lowest BCUT2D eigenvalue weighted by molar-refractivity contribution is 0.243. The topological polar surface area (TPSA) is 55.7 Å². The van der Waals surface area contributed by atoms with Crippen LogP contribution in [0, 0.1) is 0 Å². The van der Waals surface area contributed by atoms with Crippen molar-refractivity contribution in [2.24, 2.45) is 0 Å². The SMILES string of the molecule is CC(NCCN(C)C1CCCC1)c1cc(O)cc(O)c1. The first-order chi connectivity index (χ1) is 9.56. The van der Waals surface area contributed by atoms with Gasteiger partial charge in [-0.15, -0.1) is 0 Å². The van der Waals surface area contributed by atoms with E-state index in [1.165, 1.54) is 31.7 Å². The van der Waals surface area contributed by atoms with Gasteiger partial charge in [-0.3, -0.25) is 0 Å². The lowest BCUT2D eigenvalue weighted by Crippen LogP contribution is -2.36. The summed E-state index contributed by atoms with van der Waals surface area (Å²) in [5, 5.41) is 22.5. The van der Waals surface area contributed by atoms with Crippen LogP contribution in [0.3, 0.4) is 0 Å². The molecular weight excluding hydrogens is 252 g/mol. The lowest BCUT2D eigenvalue weighted by Gasteiger charge is -2.25. The molecule has 1 aliphatic carbocycles. The summed E-state index contributed by atoms with van der Waals surface area (Å²) < 4.78 is 0. The molecule has 0 heterocycles. The van der Waals surface area contributed by atoms with Gasteiger partial charge in [0.1, 0.15) is 11.5 Å². The summed E-state index contributed by atoms with van der Waals surface area (Å²) in [5.41, 5.74) is 0.908. The Morgan fingerprint density at radius 3 is 2.40 bits per heavy atom. The minimum atomic E-state index is 0.108. The molecule has 112 valence electrons. The number of hydrogen-bond donors (Lipinski definition) is 3. The molecule has 0 saturated heterocycles. The van der Waals surface area contributed by atoms with Gasteiger partial charge in [-0.1, -0.05) is 12.8 Å². The van der Waals surface area contributed by atoms with Crippen molar-refractivity contribution in [1.82, 2.24) is 10.2 Å². The first-order valence-electron chi connectivity index (χ1n) is 7.53. The van der Waals surface area contributed by atoms with Crippen molar-refractivity contribution in [3.05, 3.63) is 23.8 Å². The second-order valence-electron chi connectivity index (χ2n) is 5.88. The maximum absolute atomic E-state index is 9.50. The molecule has 0 amide bonds. The van der Waals surface area contributed by atoms with Crippen LogP contribution >= 0.6 is 0 Å². The van der Waals surface area contributed by atoms with E-state index in [4.69, 9.17) is 0 Å². The third kappa shape index (κ3) is 4.12. The number of nitrogens with one attached hydrogen (secondary N) is 1. The largest absolute Gasteiger partial charge is 0.508 e. The van der Waals surface area contributed by atoms with Crippen LogP contribution in [0.1, 0.15) is 44.2 Å². The quantitative estimate of drug-likeness (QED) is 0.749. The van der Waals surface area contributed by atoms with Crippen molar-refractivity contribution in [1.29, 1.82) is 0 Å². The molecule has 20 heavy (non-hydrogen) atoms. The van der Waals surface area contributed by atoms with E-state index < -0.39 is 0 Å². The number of hydrogen-bond acceptors (Lipinski definition) is 4. The Labute approximate surface area is 121 Å². The van der Waals surface area contributed by atoms with Crippen molar-refractivity contribution in [2.75, 3.05) is 20.1 Å². The van der Waals surface area contributed by atoms with Crippen LogP contribution in [-0.2, 0) is 0 Å². The summed E-state index contributed by atoms with van der Waals surface area (Å²) in [5.74, 6) is 0.216. The minimum Gasteiger partial charge on any atom is -0.508 e. The molecule has 1 aromatic rings. The van der Waals surface area contributed by atoms with Crippen LogP contribution in [-0.4, -0.2) is 41.3 Å². The third-order valence-corrected chi connectivity index (χ3v) is 4.29. The van der Waals surface area contributed by atoms with Crippen LogP contribution in [0.2, 0.25) is 0 Å².